The molecule has 0 saturated carbocycles. The summed E-state index contributed by atoms with van der Waals surface area (Å²) < 4.78 is 9.99. The molecule has 2 amide bonds. The standard InChI is InChI=1S/C38H48N8O2/c1-25-13-15-26(16-14-25)46-34(23-32(43-46)37(2,3)4)42-36(47)41-30-18-19-31(29-12-8-7-11-28(29)30)48-27-17-20-33(39)45(24-27)35(40)38(5,6)44-21-9-10-22-44/h7-8,11-17,20,23-24,30-31,39-40H,9-10,18-19,21-22H2,1-6H3,(H2,41,42,47)/t30-,31+/m0/s1. The molecule has 2 aliphatic rings. The molecule has 3 heterocycles. The van der Waals surface area contributed by atoms with E-state index in [9.17, 15) is 4.79 Å². The maximum atomic E-state index is 13.5. The summed E-state index contributed by atoms with van der Waals surface area (Å²) in [5, 5.41) is 28.7. The van der Waals surface area contributed by atoms with E-state index in [2.05, 4.69) is 56.2 Å². The molecule has 0 radical (unpaired) electrons. The second kappa shape index (κ2) is 13.1. The van der Waals surface area contributed by atoms with Crippen LogP contribution in [-0.2, 0) is 5.41 Å². The van der Waals surface area contributed by atoms with Crippen molar-refractivity contribution >= 4 is 17.7 Å². The maximum absolute atomic E-state index is 13.5. The number of ether oxygens (including phenoxy) is 1. The Bertz CT molecular complexity index is 1860. The van der Waals surface area contributed by atoms with Crippen LogP contribution in [0, 0.1) is 17.7 Å². The van der Waals surface area contributed by atoms with E-state index in [0.29, 0.717) is 30.2 Å². The van der Waals surface area contributed by atoms with Gasteiger partial charge in [0.1, 0.15) is 29.0 Å². The fourth-order valence-corrected chi connectivity index (χ4v) is 6.67. The summed E-state index contributed by atoms with van der Waals surface area (Å²) in [6.07, 6.45) is 5.18. The minimum atomic E-state index is -0.501. The molecule has 1 fully saturated rings. The topological polar surface area (TPSA) is 124 Å². The van der Waals surface area contributed by atoms with Crippen molar-refractivity contribution in [2.45, 2.75) is 90.3 Å². The summed E-state index contributed by atoms with van der Waals surface area (Å²) in [5.74, 6) is 1.57. The lowest BCUT2D eigenvalue weighted by Gasteiger charge is -2.36. The van der Waals surface area contributed by atoms with Crippen LogP contribution in [0.3, 0.4) is 0 Å². The number of hydrogen-bond acceptors (Lipinski definition) is 6. The first-order chi connectivity index (χ1) is 22.8. The maximum Gasteiger partial charge on any atom is 0.320 e. The molecule has 4 aromatic rings. The van der Waals surface area contributed by atoms with Crippen LogP contribution in [-0.4, -0.2) is 49.7 Å². The van der Waals surface area contributed by atoms with Crippen LogP contribution in [0.1, 0.15) is 94.8 Å². The van der Waals surface area contributed by atoms with Crippen molar-refractivity contribution in [1.82, 2.24) is 24.6 Å². The number of benzene rings is 2. The number of urea groups is 1. The molecule has 4 N–H and O–H groups in total. The predicted octanol–water partition coefficient (Wildman–Crippen LogP) is 7.24. The van der Waals surface area contributed by atoms with Crippen molar-refractivity contribution in [1.29, 1.82) is 10.8 Å². The number of nitrogens with one attached hydrogen (secondary N) is 4. The van der Waals surface area contributed by atoms with Crippen molar-refractivity contribution in [3.8, 4) is 11.4 Å². The van der Waals surface area contributed by atoms with Crippen LogP contribution in [0.5, 0.6) is 5.75 Å². The first-order valence-corrected chi connectivity index (χ1v) is 16.9. The molecule has 252 valence electrons. The summed E-state index contributed by atoms with van der Waals surface area (Å²) in [6, 6.07) is 21.1. The number of likely N-dealkylation sites (tertiary alicyclic amines) is 1. The van der Waals surface area contributed by atoms with Gasteiger partial charge in [0.05, 0.1) is 29.2 Å². The minimum absolute atomic E-state index is 0.190. The Balaban J connectivity index is 1.19. The summed E-state index contributed by atoms with van der Waals surface area (Å²) in [5.41, 5.74) is 4.50. The smallest absolute Gasteiger partial charge is 0.320 e. The zero-order chi connectivity index (χ0) is 34.2. The van der Waals surface area contributed by atoms with Gasteiger partial charge in [0.15, 0.2) is 0 Å². The lowest BCUT2D eigenvalue weighted by Crippen LogP contribution is -2.52. The van der Waals surface area contributed by atoms with Gasteiger partial charge < -0.3 is 10.1 Å². The first-order valence-electron chi connectivity index (χ1n) is 16.9. The highest BCUT2D eigenvalue weighted by atomic mass is 16.5. The molecule has 1 aliphatic carbocycles. The molecular weight excluding hydrogens is 600 g/mol. The Kier molecular flexibility index (Phi) is 9.04. The Morgan fingerprint density at radius 1 is 0.938 bits per heavy atom. The lowest BCUT2D eigenvalue weighted by molar-refractivity contribution is 0.171. The SMILES string of the molecule is Cc1ccc(-n2nc(C(C)(C)C)cc2NC(=O)N[C@H]2CC[C@@H](Oc3ccc(=N)n(C(=N)C(C)(C)N4CCCC4)c3)c3ccccc32)cc1. The lowest BCUT2D eigenvalue weighted by atomic mass is 9.85. The van der Waals surface area contributed by atoms with E-state index in [-0.39, 0.29) is 29.1 Å². The number of rotatable bonds is 7. The fourth-order valence-electron chi connectivity index (χ4n) is 6.67. The van der Waals surface area contributed by atoms with E-state index >= 15 is 0 Å². The highest BCUT2D eigenvalue weighted by Crippen LogP contribution is 2.39. The number of aromatic nitrogens is 3. The molecule has 2 aromatic heterocycles. The third-order valence-corrected chi connectivity index (χ3v) is 9.66. The summed E-state index contributed by atoms with van der Waals surface area (Å²) in [7, 11) is 0. The van der Waals surface area contributed by atoms with Gasteiger partial charge >= 0.3 is 6.03 Å². The molecule has 48 heavy (non-hydrogen) atoms. The van der Waals surface area contributed by atoms with E-state index in [1.807, 2.05) is 55.5 Å². The van der Waals surface area contributed by atoms with Gasteiger partial charge in [-0.2, -0.15) is 5.10 Å². The zero-order valence-corrected chi connectivity index (χ0v) is 28.9. The number of carbonyl (C=O) groups is 1. The highest BCUT2D eigenvalue weighted by molar-refractivity contribution is 5.90. The zero-order valence-electron chi connectivity index (χ0n) is 28.9. The van der Waals surface area contributed by atoms with Gasteiger partial charge in [-0.3, -0.25) is 25.6 Å². The number of hydrogen-bond donors (Lipinski definition) is 4. The number of fused-ring (bicyclic) bond motifs is 1. The molecule has 2 aromatic carbocycles. The molecule has 1 saturated heterocycles. The Morgan fingerprint density at radius 2 is 1.62 bits per heavy atom. The largest absolute Gasteiger partial charge is 0.484 e. The number of amides is 2. The third-order valence-electron chi connectivity index (χ3n) is 9.66. The monoisotopic (exact) mass is 648 g/mol. The molecular formula is C38H48N8O2. The van der Waals surface area contributed by atoms with Gasteiger partial charge in [-0.15, -0.1) is 0 Å². The van der Waals surface area contributed by atoms with Crippen LogP contribution in [0.4, 0.5) is 10.6 Å². The first kappa shape index (κ1) is 33.2. The van der Waals surface area contributed by atoms with Gasteiger partial charge in [0.2, 0.25) is 0 Å². The molecule has 10 nitrogen and oxygen atoms in total. The fraction of sp³-hybridized carbons (Fsp3) is 0.421. The third kappa shape index (κ3) is 6.80. The number of carbonyl (C=O) groups excluding carboxylic acids is 1. The summed E-state index contributed by atoms with van der Waals surface area (Å²) >= 11 is 0. The van der Waals surface area contributed by atoms with Gasteiger partial charge in [0.25, 0.3) is 0 Å². The van der Waals surface area contributed by atoms with Crippen molar-refractivity contribution in [3.05, 3.63) is 101 Å². The van der Waals surface area contributed by atoms with E-state index in [1.54, 1.807) is 27.6 Å². The average Bonchev–Trinajstić information content (AvgIpc) is 3.75. The van der Waals surface area contributed by atoms with Crippen LogP contribution >= 0.6 is 0 Å². The summed E-state index contributed by atoms with van der Waals surface area (Å²) in [4.78, 5) is 15.8. The van der Waals surface area contributed by atoms with E-state index in [1.165, 1.54) is 0 Å². The second-order valence-electron chi connectivity index (χ2n) is 14.6. The Hall–Kier alpha value is -4.70. The second-order valence-corrected chi connectivity index (χ2v) is 14.6. The number of anilines is 1. The average molecular weight is 649 g/mol. The molecule has 0 bridgehead atoms. The van der Waals surface area contributed by atoms with Crippen LogP contribution < -0.4 is 20.9 Å². The van der Waals surface area contributed by atoms with E-state index in [0.717, 1.165) is 54.0 Å². The molecule has 0 spiro atoms. The Morgan fingerprint density at radius 3 is 2.31 bits per heavy atom. The van der Waals surface area contributed by atoms with Crippen LogP contribution in [0.2, 0.25) is 0 Å². The number of pyridine rings is 1. The molecule has 2 atom stereocenters. The number of nitrogens with zero attached hydrogens (tertiary/aromatic N) is 4. The normalized spacial score (nSPS) is 18.3. The predicted molar refractivity (Wildman–Crippen MR) is 189 cm³/mol. The summed E-state index contributed by atoms with van der Waals surface area (Å²) in [6.45, 7) is 14.4. The van der Waals surface area contributed by atoms with Gasteiger partial charge in [-0.1, -0.05) is 62.7 Å². The van der Waals surface area contributed by atoms with Gasteiger partial charge in [-0.05, 0) is 94.9 Å². The Labute approximate surface area is 283 Å². The van der Waals surface area contributed by atoms with Gasteiger partial charge in [-0.25, -0.2) is 9.48 Å². The van der Waals surface area contributed by atoms with E-state index < -0.39 is 5.54 Å². The quantitative estimate of drug-likeness (QED) is 0.125. The molecule has 0 unspecified atom stereocenters. The number of aryl methyl sites for hydroxylation is 1. The molecule has 1 aliphatic heterocycles. The molecule has 6 rings (SSSR count). The van der Waals surface area contributed by atoms with Crippen molar-refractivity contribution in [2.24, 2.45) is 0 Å². The van der Waals surface area contributed by atoms with E-state index in [4.69, 9.17) is 20.7 Å². The van der Waals surface area contributed by atoms with Crippen molar-refractivity contribution in [3.63, 3.8) is 0 Å². The van der Waals surface area contributed by atoms with Crippen molar-refractivity contribution in [2.75, 3.05) is 18.4 Å². The van der Waals surface area contributed by atoms with Crippen LogP contribution in [0.15, 0.2) is 72.9 Å². The molecule has 10 heteroatoms. The van der Waals surface area contributed by atoms with Gasteiger partial charge in [0, 0.05) is 11.5 Å². The van der Waals surface area contributed by atoms with Crippen LogP contribution in [0.25, 0.3) is 5.69 Å². The minimum Gasteiger partial charge on any atom is -0.484 e. The van der Waals surface area contributed by atoms with Crippen molar-refractivity contribution < 1.29 is 9.53 Å². The highest BCUT2D eigenvalue weighted by Gasteiger charge is 2.35.